The van der Waals surface area contributed by atoms with Gasteiger partial charge < -0.3 is 5.73 Å². The van der Waals surface area contributed by atoms with E-state index in [2.05, 4.69) is 170 Å². The molecule has 204 valence electrons. The summed E-state index contributed by atoms with van der Waals surface area (Å²) in [5.74, 6) is 0. The summed E-state index contributed by atoms with van der Waals surface area (Å²) in [6, 6.07) is 62.3. The molecule has 7 rings (SSSR count). The fraction of sp³-hybridized carbons (Fsp3) is 0. The number of hydrogen-bond acceptors (Lipinski definition) is 1. The van der Waals surface area contributed by atoms with Gasteiger partial charge >= 0.3 is 0 Å². The summed E-state index contributed by atoms with van der Waals surface area (Å²) >= 11 is 0. The van der Waals surface area contributed by atoms with Gasteiger partial charge in [0.2, 0.25) is 0 Å². The van der Waals surface area contributed by atoms with Gasteiger partial charge in [-0.15, -0.1) is 0 Å². The molecule has 0 bridgehead atoms. The zero-order valence-electron chi connectivity index (χ0n) is 23.8. The first-order valence-electron chi connectivity index (χ1n) is 14.6. The average Bonchev–Trinajstić information content (AvgIpc) is 3.09. The van der Waals surface area contributed by atoms with Crippen LogP contribution in [0.15, 0.2) is 176 Å². The van der Waals surface area contributed by atoms with E-state index in [4.69, 9.17) is 5.73 Å². The molecule has 1 heteroatoms. The molecule has 0 heterocycles. The Kier molecular flexibility index (Phi) is 7.13. The van der Waals surface area contributed by atoms with Crippen LogP contribution in [0.1, 0.15) is 0 Å². The molecular weight excluding hydrogens is 518 g/mol. The van der Waals surface area contributed by atoms with E-state index in [-0.39, 0.29) is 0 Å². The molecule has 7 aromatic rings. The van der Waals surface area contributed by atoms with Crippen LogP contribution in [0.3, 0.4) is 0 Å². The fourth-order valence-corrected chi connectivity index (χ4v) is 5.88. The second kappa shape index (κ2) is 11.7. The van der Waals surface area contributed by atoms with Crippen molar-refractivity contribution in [3.05, 3.63) is 176 Å². The highest BCUT2D eigenvalue weighted by molar-refractivity contribution is 5.96. The molecular formula is C42H31N. The van der Waals surface area contributed by atoms with Gasteiger partial charge in [-0.3, -0.25) is 0 Å². The topological polar surface area (TPSA) is 26.0 Å². The van der Waals surface area contributed by atoms with Gasteiger partial charge in [-0.2, -0.15) is 0 Å². The fourth-order valence-electron chi connectivity index (χ4n) is 5.88. The highest BCUT2D eigenvalue weighted by Crippen LogP contribution is 2.42. The third-order valence-corrected chi connectivity index (χ3v) is 8.02. The Labute approximate surface area is 253 Å². The third-order valence-electron chi connectivity index (χ3n) is 8.02. The Hall–Kier alpha value is -5.66. The molecule has 0 aliphatic carbocycles. The van der Waals surface area contributed by atoms with Gasteiger partial charge in [-0.25, -0.2) is 0 Å². The second-order valence-electron chi connectivity index (χ2n) is 10.8. The SMILES string of the molecule is Nc1cc(-c2ccccc2)cc(-c2cccc(-c3ccc(-c4ccccc4)cc3)c2-c2ccc(-c3ccccc3)cc2)c1. The van der Waals surface area contributed by atoms with Gasteiger partial charge in [0.1, 0.15) is 0 Å². The van der Waals surface area contributed by atoms with Crippen molar-refractivity contribution >= 4 is 5.69 Å². The van der Waals surface area contributed by atoms with E-state index in [9.17, 15) is 0 Å². The molecule has 0 saturated heterocycles. The molecule has 0 fully saturated rings. The minimum absolute atomic E-state index is 0.749. The lowest BCUT2D eigenvalue weighted by Crippen LogP contribution is -1.93. The largest absolute Gasteiger partial charge is 0.399 e. The van der Waals surface area contributed by atoms with Crippen LogP contribution < -0.4 is 5.73 Å². The first kappa shape index (κ1) is 26.3. The van der Waals surface area contributed by atoms with Gasteiger partial charge in [0, 0.05) is 5.69 Å². The molecule has 0 radical (unpaired) electrons. The summed E-state index contributed by atoms with van der Waals surface area (Å²) in [6.07, 6.45) is 0. The molecule has 0 atom stereocenters. The van der Waals surface area contributed by atoms with Crippen LogP contribution in [-0.4, -0.2) is 0 Å². The van der Waals surface area contributed by atoms with Crippen molar-refractivity contribution in [3.63, 3.8) is 0 Å². The molecule has 0 aromatic heterocycles. The molecule has 0 aliphatic rings. The summed E-state index contributed by atoms with van der Waals surface area (Å²) < 4.78 is 0. The van der Waals surface area contributed by atoms with Crippen LogP contribution in [-0.2, 0) is 0 Å². The van der Waals surface area contributed by atoms with Crippen molar-refractivity contribution in [3.8, 4) is 66.8 Å². The minimum atomic E-state index is 0.749. The molecule has 1 nitrogen and oxygen atoms in total. The number of hydrogen-bond donors (Lipinski definition) is 1. The van der Waals surface area contributed by atoms with Crippen LogP contribution in [0.4, 0.5) is 5.69 Å². The number of nitrogens with two attached hydrogens (primary N) is 1. The zero-order chi connectivity index (χ0) is 29.0. The van der Waals surface area contributed by atoms with E-state index >= 15 is 0 Å². The quantitative estimate of drug-likeness (QED) is 0.205. The lowest BCUT2D eigenvalue weighted by molar-refractivity contribution is 1.54. The van der Waals surface area contributed by atoms with Crippen LogP contribution in [0.2, 0.25) is 0 Å². The van der Waals surface area contributed by atoms with Gasteiger partial charge in [-0.05, 0) is 85.0 Å². The monoisotopic (exact) mass is 549 g/mol. The van der Waals surface area contributed by atoms with Crippen molar-refractivity contribution in [2.75, 3.05) is 5.73 Å². The molecule has 43 heavy (non-hydrogen) atoms. The van der Waals surface area contributed by atoms with E-state index in [1.165, 1.54) is 44.5 Å². The van der Waals surface area contributed by atoms with Gasteiger partial charge in [0.15, 0.2) is 0 Å². The Morgan fingerprint density at radius 1 is 0.256 bits per heavy atom. The standard InChI is InChI=1S/C42H31N/c43-39-28-37(32-15-8-3-9-16-32)27-38(29-39)41-18-10-17-40(35-23-19-33(20-24-35)30-11-4-1-5-12-30)42(41)36-25-21-34(22-26-36)31-13-6-2-7-14-31/h1-29H,43H2. The lowest BCUT2D eigenvalue weighted by atomic mass is 9.86. The molecule has 0 unspecified atom stereocenters. The Bertz CT molecular complexity index is 1970. The number of nitrogen functional groups attached to an aromatic ring is 1. The first-order valence-corrected chi connectivity index (χ1v) is 14.6. The van der Waals surface area contributed by atoms with E-state index in [1.54, 1.807) is 0 Å². The van der Waals surface area contributed by atoms with Crippen LogP contribution in [0.25, 0.3) is 66.8 Å². The normalized spacial score (nSPS) is 10.9. The maximum absolute atomic E-state index is 6.53. The van der Waals surface area contributed by atoms with Crippen molar-refractivity contribution in [1.82, 2.24) is 0 Å². The first-order chi connectivity index (χ1) is 21.2. The average molecular weight is 550 g/mol. The molecule has 0 amide bonds. The Morgan fingerprint density at radius 3 is 1.14 bits per heavy atom. The van der Waals surface area contributed by atoms with Crippen LogP contribution in [0.5, 0.6) is 0 Å². The Balaban J connectivity index is 1.39. The molecule has 0 spiro atoms. The number of benzene rings is 7. The Morgan fingerprint density at radius 2 is 0.628 bits per heavy atom. The van der Waals surface area contributed by atoms with Gasteiger partial charge in [0.25, 0.3) is 0 Å². The number of rotatable bonds is 6. The van der Waals surface area contributed by atoms with Gasteiger partial charge in [0.05, 0.1) is 0 Å². The summed E-state index contributed by atoms with van der Waals surface area (Å²) in [6.45, 7) is 0. The van der Waals surface area contributed by atoms with Crippen molar-refractivity contribution in [2.24, 2.45) is 0 Å². The van der Waals surface area contributed by atoms with Crippen molar-refractivity contribution in [1.29, 1.82) is 0 Å². The minimum Gasteiger partial charge on any atom is -0.399 e. The zero-order valence-corrected chi connectivity index (χ0v) is 23.8. The predicted octanol–water partition coefficient (Wildman–Crippen LogP) is 11.3. The van der Waals surface area contributed by atoms with Crippen molar-refractivity contribution < 1.29 is 0 Å². The summed E-state index contributed by atoms with van der Waals surface area (Å²) in [7, 11) is 0. The maximum Gasteiger partial charge on any atom is 0.0326 e. The van der Waals surface area contributed by atoms with E-state index in [0.717, 1.165) is 27.9 Å². The highest BCUT2D eigenvalue weighted by atomic mass is 14.5. The maximum atomic E-state index is 6.53. The van der Waals surface area contributed by atoms with E-state index < -0.39 is 0 Å². The molecule has 2 N–H and O–H groups in total. The van der Waals surface area contributed by atoms with Crippen molar-refractivity contribution in [2.45, 2.75) is 0 Å². The molecule has 7 aromatic carbocycles. The number of anilines is 1. The smallest absolute Gasteiger partial charge is 0.0326 e. The second-order valence-corrected chi connectivity index (χ2v) is 10.8. The summed E-state index contributed by atoms with van der Waals surface area (Å²) in [5, 5.41) is 0. The van der Waals surface area contributed by atoms with E-state index in [1.807, 2.05) is 6.07 Å². The predicted molar refractivity (Wildman–Crippen MR) is 183 cm³/mol. The lowest BCUT2D eigenvalue weighted by Gasteiger charge is -2.18. The van der Waals surface area contributed by atoms with Crippen LogP contribution >= 0.6 is 0 Å². The highest BCUT2D eigenvalue weighted by Gasteiger charge is 2.16. The molecule has 0 saturated carbocycles. The third kappa shape index (κ3) is 5.49. The summed E-state index contributed by atoms with van der Waals surface area (Å²) in [4.78, 5) is 0. The summed E-state index contributed by atoms with van der Waals surface area (Å²) in [5.41, 5.74) is 21.4. The molecule has 0 aliphatic heterocycles. The van der Waals surface area contributed by atoms with Crippen LogP contribution in [0, 0.1) is 0 Å². The van der Waals surface area contributed by atoms with Gasteiger partial charge in [-0.1, -0.05) is 158 Å². The van der Waals surface area contributed by atoms with E-state index in [0.29, 0.717) is 0 Å².